The summed E-state index contributed by atoms with van der Waals surface area (Å²) in [5.74, 6) is 1.88. The predicted molar refractivity (Wildman–Crippen MR) is 225 cm³/mol. The van der Waals surface area contributed by atoms with Crippen molar-refractivity contribution < 1.29 is 55.2 Å². The highest BCUT2D eigenvalue weighted by Gasteiger charge is 2.33. The standard InChI is InChI=1S/C23H23F3O3.C21H21F3O3.C4H7Br/c24-23(25,26)18-8-5-16(6-9-18)19-10-7-17(12-21(19)29-13-15-3-4-15)20(22(27)28)11-14-1-2-14;1-2-26-20(25)12-15-5-10-18(19(11-15)27-13-14-3-4-14)16-6-8-17(9-7-16)21(22,23)24;5-3-4-1-2-4/h5-10,12,14-15,20H,1-4,11,13H2,(H,27,28);5-11,14H,2-4,12-13H2,1H3;4H,1-3H2. The van der Waals surface area contributed by atoms with Gasteiger partial charge in [0.05, 0.1) is 43.3 Å². The normalized spacial score (nSPS) is 16.6. The maximum Gasteiger partial charge on any atom is 0.416 e. The molecule has 4 aromatic rings. The number of aliphatic carboxylic acids is 1. The molecule has 0 bridgehead atoms. The third-order valence-corrected chi connectivity index (χ3v) is 11.9. The van der Waals surface area contributed by atoms with E-state index in [2.05, 4.69) is 15.9 Å². The lowest BCUT2D eigenvalue weighted by molar-refractivity contribution is -0.142. The Hall–Kier alpha value is -4.52. The third-order valence-electron chi connectivity index (χ3n) is 11.0. The summed E-state index contributed by atoms with van der Waals surface area (Å²) in [6, 6.07) is 20.6. The molecule has 13 heteroatoms. The van der Waals surface area contributed by atoms with Crippen molar-refractivity contribution in [2.75, 3.05) is 25.2 Å². The molecule has 4 aromatic carbocycles. The number of carbonyl (C=O) groups excluding carboxylic acids is 1. The van der Waals surface area contributed by atoms with Crippen LogP contribution in [0.2, 0.25) is 0 Å². The smallest absolute Gasteiger partial charge is 0.416 e. The van der Waals surface area contributed by atoms with Crippen molar-refractivity contribution >= 4 is 27.9 Å². The zero-order valence-corrected chi connectivity index (χ0v) is 35.6. The van der Waals surface area contributed by atoms with Gasteiger partial charge < -0.3 is 19.3 Å². The maximum absolute atomic E-state index is 12.9. The second kappa shape index (κ2) is 20.6. The maximum atomic E-state index is 12.9. The Morgan fingerprint density at radius 1 is 0.656 bits per heavy atom. The van der Waals surface area contributed by atoms with Gasteiger partial charge in [-0.15, -0.1) is 0 Å². The van der Waals surface area contributed by atoms with E-state index in [0.717, 1.165) is 74.3 Å². The van der Waals surface area contributed by atoms with Gasteiger partial charge in [-0.3, -0.25) is 9.59 Å². The van der Waals surface area contributed by atoms with Crippen molar-refractivity contribution in [3.8, 4) is 33.8 Å². The van der Waals surface area contributed by atoms with Crippen LogP contribution in [-0.4, -0.2) is 42.2 Å². The van der Waals surface area contributed by atoms with Crippen LogP contribution < -0.4 is 9.47 Å². The number of benzene rings is 4. The quantitative estimate of drug-likeness (QED) is 0.0685. The van der Waals surface area contributed by atoms with E-state index < -0.39 is 35.4 Å². The summed E-state index contributed by atoms with van der Waals surface area (Å²) in [5.41, 5.74) is 2.68. The summed E-state index contributed by atoms with van der Waals surface area (Å²) in [5, 5.41) is 10.9. The molecule has 0 aromatic heterocycles. The van der Waals surface area contributed by atoms with Crippen molar-refractivity contribution in [2.45, 2.75) is 89.4 Å². The summed E-state index contributed by atoms with van der Waals surface area (Å²) in [7, 11) is 0. The summed E-state index contributed by atoms with van der Waals surface area (Å²) in [6.07, 6.45) is 1.50. The molecule has 4 aliphatic rings. The summed E-state index contributed by atoms with van der Waals surface area (Å²) >= 11 is 3.38. The first-order valence-electron chi connectivity index (χ1n) is 20.9. The first-order valence-corrected chi connectivity index (χ1v) is 22.1. The van der Waals surface area contributed by atoms with E-state index in [-0.39, 0.29) is 12.4 Å². The van der Waals surface area contributed by atoms with E-state index in [1.165, 1.54) is 42.4 Å². The Balaban J connectivity index is 0.000000183. The van der Waals surface area contributed by atoms with Crippen molar-refractivity contribution in [1.82, 2.24) is 0 Å². The van der Waals surface area contributed by atoms with E-state index in [1.54, 1.807) is 43.3 Å². The van der Waals surface area contributed by atoms with Crippen molar-refractivity contribution in [3.63, 3.8) is 0 Å². The van der Waals surface area contributed by atoms with Gasteiger partial charge >= 0.3 is 24.3 Å². The molecular weight excluding hydrogens is 866 g/mol. The molecule has 8 rings (SSSR count). The highest BCUT2D eigenvalue weighted by atomic mass is 79.9. The molecule has 0 aliphatic heterocycles. The number of esters is 1. The number of hydrogen-bond donors (Lipinski definition) is 1. The molecule has 0 spiro atoms. The first kappa shape index (κ1) is 46.0. The fraction of sp³-hybridized carbons (Fsp3) is 0.458. The molecular formula is C48H51BrF6O6. The predicted octanol–water partition coefficient (Wildman–Crippen LogP) is 13.2. The monoisotopic (exact) mass is 916 g/mol. The first-order chi connectivity index (χ1) is 29.1. The Labute approximate surface area is 361 Å². The largest absolute Gasteiger partial charge is 0.493 e. The van der Waals surface area contributed by atoms with Gasteiger partial charge in [0.2, 0.25) is 0 Å². The molecule has 1 atom stereocenters. The molecule has 0 amide bonds. The van der Waals surface area contributed by atoms with Gasteiger partial charge in [-0.1, -0.05) is 77.3 Å². The van der Waals surface area contributed by atoms with Crippen molar-refractivity contribution in [3.05, 3.63) is 107 Å². The van der Waals surface area contributed by atoms with Crippen LogP contribution in [0.25, 0.3) is 22.3 Å². The fourth-order valence-corrected chi connectivity index (χ4v) is 7.17. The van der Waals surface area contributed by atoms with Gasteiger partial charge in [0, 0.05) is 16.5 Å². The van der Waals surface area contributed by atoms with Crippen LogP contribution in [0.4, 0.5) is 26.3 Å². The molecule has 0 saturated heterocycles. The lowest BCUT2D eigenvalue weighted by Gasteiger charge is -2.17. The summed E-state index contributed by atoms with van der Waals surface area (Å²) in [6.45, 7) is 3.16. The summed E-state index contributed by atoms with van der Waals surface area (Å²) in [4.78, 5) is 23.5. The minimum atomic E-state index is -4.38. The SMILES string of the molecule is BrCC1CC1.CCOC(=O)Cc1ccc(-c2ccc(C(F)(F)F)cc2)c(OCC2CC2)c1.O=C(O)C(CC1CC1)c1ccc(-c2ccc(C(F)(F)F)cc2)c(OCC2CC2)c1. The lowest BCUT2D eigenvalue weighted by Crippen LogP contribution is -2.13. The van der Waals surface area contributed by atoms with Crippen LogP contribution in [0.15, 0.2) is 84.9 Å². The number of ether oxygens (including phenoxy) is 3. The van der Waals surface area contributed by atoms with Gasteiger partial charge in [0.15, 0.2) is 0 Å². The van der Waals surface area contributed by atoms with E-state index in [1.807, 2.05) is 0 Å². The molecule has 0 radical (unpaired) electrons. The van der Waals surface area contributed by atoms with Crippen LogP contribution in [0, 0.1) is 23.7 Å². The van der Waals surface area contributed by atoms with Gasteiger partial charge in [-0.25, -0.2) is 0 Å². The van der Waals surface area contributed by atoms with Crippen LogP contribution in [-0.2, 0) is 33.1 Å². The zero-order chi connectivity index (χ0) is 43.7. The Kier molecular flexibility index (Phi) is 15.5. The molecule has 4 aliphatic carbocycles. The minimum Gasteiger partial charge on any atom is -0.493 e. The van der Waals surface area contributed by atoms with Crippen LogP contribution in [0.3, 0.4) is 0 Å². The number of rotatable bonds is 16. The lowest BCUT2D eigenvalue weighted by atomic mass is 9.91. The summed E-state index contributed by atoms with van der Waals surface area (Å²) < 4.78 is 93.8. The van der Waals surface area contributed by atoms with Gasteiger partial charge in [-0.2, -0.15) is 26.3 Å². The second-order valence-electron chi connectivity index (χ2n) is 16.4. The van der Waals surface area contributed by atoms with Crippen LogP contribution >= 0.6 is 15.9 Å². The Morgan fingerprint density at radius 3 is 1.51 bits per heavy atom. The third kappa shape index (κ3) is 14.5. The van der Waals surface area contributed by atoms with E-state index in [0.29, 0.717) is 83.3 Å². The number of alkyl halides is 7. The fourth-order valence-electron chi connectivity index (χ4n) is 6.53. The Bertz CT molecular complexity index is 2070. The topological polar surface area (TPSA) is 82.1 Å². The highest BCUT2D eigenvalue weighted by molar-refractivity contribution is 9.09. The minimum absolute atomic E-state index is 0.126. The molecule has 4 fully saturated rings. The average molecular weight is 918 g/mol. The Morgan fingerprint density at radius 2 is 1.11 bits per heavy atom. The highest BCUT2D eigenvalue weighted by Crippen LogP contribution is 2.42. The molecule has 0 heterocycles. The van der Waals surface area contributed by atoms with Crippen molar-refractivity contribution in [2.24, 2.45) is 23.7 Å². The van der Waals surface area contributed by atoms with E-state index in [4.69, 9.17) is 14.2 Å². The van der Waals surface area contributed by atoms with Gasteiger partial charge in [-0.05, 0) is 134 Å². The molecule has 4 saturated carbocycles. The zero-order valence-electron chi connectivity index (χ0n) is 34.0. The number of hydrogen-bond acceptors (Lipinski definition) is 5. The molecule has 6 nitrogen and oxygen atoms in total. The van der Waals surface area contributed by atoms with Gasteiger partial charge in [0.1, 0.15) is 11.5 Å². The van der Waals surface area contributed by atoms with E-state index in [9.17, 15) is 41.0 Å². The second-order valence-corrected chi connectivity index (χ2v) is 17.0. The van der Waals surface area contributed by atoms with Gasteiger partial charge in [0.25, 0.3) is 0 Å². The number of halogens is 7. The number of carboxylic acid groups (broad SMARTS) is 1. The van der Waals surface area contributed by atoms with E-state index >= 15 is 0 Å². The van der Waals surface area contributed by atoms with Crippen LogP contribution in [0.1, 0.15) is 92.9 Å². The molecule has 1 unspecified atom stereocenters. The molecule has 61 heavy (non-hydrogen) atoms. The molecule has 1 N–H and O–H groups in total. The van der Waals surface area contributed by atoms with Crippen molar-refractivity contribution in [1.29, 1.82) is 0 Å². The number of carboxylic acids is 1. The van der Waals surface area contributed by atoms with Crippen LogP contribution in [0.5, 0.6) is 11.5 Å². The molecule has 328 valence electrons. The average Bonchev–Trinajstić information content (AvgIpc) is 4.02. The number of carbonyl (C=O) groups is 2.